The van der Waals surface area contributed by atoms with Crippen LogP contribution in [0.25, 0.3) is 5.65 Å². The van der Waals surface area contributed by atoms with E-state index in [0.29, 0.717) is 22.7 Å². The highest BCUT2D eigenvalue weighted by molar-refractivity contribution is 6.21. The Morgan fingerprint density at radius 2 is 1.81 bits per heavy atom. The SMILES string of the molecule is CNc1cc(C2CC2)cn2cc(CN3C(=O)c4ccccc4C3=O)nc12. The summed E-state index contributed by atoms with van der Waals surface area (Å²) in [4.78, 5) is 31.0. The summed E-state index contributed by atoms with van der Waals surface area (Å²) < 4.78 is 1.99. The Labute approximate surface area is 150 Å². The monoisotopic (exact) mass is 346 g/mol. The molecule has 0 radical (unpaired) electrons. The summed E-state index contributed by atoms with van der Waals surface area (Å²) in [6.07, 6.45) is 6.47. The molecule has 1 aliphatic heterocycles. The molecule has 0 bridgehead atoms. The van der Waals surface area contributed by atoms with Crippen molar-refractivity contribution in [2.24, 2.45) is 0 Å². The molecule has 6 heteroatoms. The predicted octanol–water partition coefficient (Wildman–Crippen LogP) is 3.05. The minimum atomic E-state index is -0.254. The molecular formula is C20H18N4O2. The summed E-state index contributed by atoms with van der Waals surface area (Å²) in [5.74, 6) is 0.124. The van der Waals surface area contributed by atoms with E-state index >= 15 is 0 Å². The lowest BCUT2D eigenvalue weighted by atomic mass is 10.1. The first-order chi connectivity index (χ1) is 12.7. The van der Waals surface area contributed by atoms with Gasteiger partial charge in [0.15, 0.2) is 5.65 Å². The lowest BCUT2D eigenvalue weighted by molar-refractivity contribution is 0.0640. The molecule has 1 fully saturated rings. The van der Waals surface area contributed by atoms with Gasteiger partial charge in [-0.05, 0) is 42.5 Å². The van der Waals surface area contributed by atoms with Crippen molar-refractivity contribution in [1.29, 1.82) is 0 Å². The Morgan fingerprint density at radius 3 is 2.42 bits per heavy atom. The van der Waals surface area contributed by atoms with Crippen molar-refractivity contribution >= 4 is 23.1 Å². The second-order valence-electron chi connectivity index (χ2n) is 6.92. The minimum absolute atomic E-state index is 0.177. The fourth-order valence-electron chi connectivity index (χ4n) is 3.62. The molecule has 2 aliphatic rings. The van der Waals surface area contributed by atoms with E-state index in [1.165, 1.54) is 23.3 Å². The molecular weight excluding hydrogens is 328 g/mol. The maximum Gasteiger partial charge on any atom is 0.261 e. The number of hydrogen-bond acceptors (Lipinski definition) is 4. The molecule has 1 N–H and O–H groups in total. The first kappa shape index (κ1) is 15.1. The van der Waals surface area contributed by atoms with Crippen molar-refractivity contribution in [2.75, 3.05) is 12.4 Å². The van der Waals surface area contributed by atoms with E-state index in [4.69, 9.17) is 0 Å². The highest BCUT2D eigenvalue weighted by Gasteiger charge is 2.35. The maximum absolute atomic E-state index is 12.6. The summed E-state index contributed by atoms with van der Waals surface area (Å²) in [7, 11) is 1.88. The van der Waals surface area contributed by atoms with Crippen LogP contribution in [0, 0.1) is 0 Å². The van der Waals surface area contributed by atoms with E-state index in [-0.39, 0.29) is 18.4 Å². The number of aromatic nitrogens is 2. The zero-order chi connectivity index (χ0) is 17.8. The van der Waals surface area contributed by atoms with E-state index in [1.54, 1.807) is 24.3 Å². The average Bonchev–Trinajstić information content (AvgIpc) is 3.39. The lowest BCUT2D eigenvalue weighted by Gasteiger charge is -2.11. The first-order valence-electron chi connectivity index (χ1n) is 8.80. The molecule has 2 amide bonds. The maximum atomic E-state index is 12.6. The van der Waals surface area contributed by atoms with Crippen LogP contribution in [0.3, 0.4) is 0 Å². The third kappa shape index (κ3) is 2.22. The first-order valence-corrected chi connectivity index (χ1v) is 8.80. The number of imide groups is 1. The van der Waals surface area contributed by atoms with Gasteiger partial charge in [0, 0.05) is 19.4 Å². The van der Waals surface area contributed by atoms with Crippen molar-refractivity contribution in [3.63, 3.8) is 0 Å². The van der Waals surface area contributed by atoms with Crippen LogP contribution in [0.15, 0.2) is 42.7 Å². The van der Waals surface area contributed by atoms with Crippen molar-refractivity contribution in [2.45, 2.75) is 25.3 Å². The molecule has 0 atom stereocenters. The topological polar surface area (TPSA) is 66.7 Å². The molecule has 1 aliphatic carbocycles. The number of amides is 2. The van der Waals surface area contributed by atoms with Gasteiger partial charge in [-0.2, -0.15) is 0 Å². The molecule has 3 heterocycles. The van der Waals surface area contributed by atoms with Crippen molar-refractivity contribution in [1.82, 2.24) is 14.3 Å². The molecule has 2 aromatic heterocycles. The second-order valence-corrected chi connectivity index (χ2v) is 6.92. The van der Waals surface area contributed by atoms with E-state index in [1.807, 2.05) is 17.6 Å². The molecule has 0 spiro atoms. The number of carbonyl (C=O) groups excluding carboxylic acids is 2. The van der Waals surface area contributed by atoms with Gasteiger partial charge in [-0.1, -0.05) is 12.1 Å². The van der Waals surface area contributed by atoms with Gasteiger partial charge in [0.1, 0.15) is 0 Å². The third-order valence-electron chi connectivity index (χ3n) is 5.14. The number of imidazole rings is 1. The van der Waals surface area contributed by atoms with E-state index < -0.39 is 0 Å². The summed E-state index contributed by atoms with van der Waals surface area (Å²) in [5.41, 5.74) is 4.70. The van der Waals surface area contributed by atoms with Crippen molar-refractivity contribution in [3.05, 3.63) is 65.1 Å². The van der Waals surface area contributed by atoms with E-state index in [0.717, 1.165) is 11.3 Å². The lowest BCUT2D eigenvalue weighted by Crippen LogP contribution is -2.29. The van der Waals surface area contributed by atoms with E-state index in [9.17, 15) is 9.59 Å². The Bertz CT molecular complexity index is 1030. The fourth-order valence-corrected chi connectivity index (χ4v) is 3.62. The smallest absolute Gasteiger partial charge is 0.261 e. The number of anilines is 1. The Kier molecular flexibility index (Phi) is 3.16. The predicted molar refractivity (Wildman–Crippen MR) is 97.4 cm³/mol. The van der Waals surface area contributed by atoms with Gasteiger partial charge in [0.25, 0.3) is 11.8 Å². The largest absolute Gasteiger partial charge is 0.385 e. The van der Waals surface area contributed by atoms with Crippen LogP contribution in [0.1, 0.15) is 50.7 Å². The number of carbonyl (C=O) groups is 2. The quantitative estimate of drug-likeness (QED) is 0.738. The Hall–Kier alpha value is -3.15. The summed E-state index contributed by atoms with van der Waals surface area (Å²) in [6, 6.07) is 9.08. The minimum Gasteiger partial charge on any atom is -0.385 e. The van der Waals surface area contributed by atoms with Gasteiger partial charge in [-0.3, -0.25) is 14.5 Å². The van der Waals surface area contributed by atoms with Gasteiger partial charge in [0.2, 0.25) is 0 Å². The third-order valence-corrected chi connectivity index (χ3v) is 5.14. The van der Waals surface area contributed by atoms with Gasteiger partial charge in [0.05, 0.1) is 29.1 Å². The van der Waals surface area contributed by atoms with Gasteiger partial charge in [-0.25, -0.2) is 4.98 Å². The van der Waals surface area contributed by atoms with Gasteiger partial charge >= 0.3 is 0 Å². The summed E-state index contributed by atoms with van der Waals surface area (Å²) >= 11 is 0. The number of rotatable bonds is 4. The summed E-state index contributed by atoms with van der Waals surface area (Å²) in [6.45, 7) is 0.177. The molecule has 5 rings (SSSR count). The second kappa shape index (κ2) is 5.42. The molecule has 1 aromatic carbocycles. The highest BCUT2D eigenvalue weighted by Crippen LogP contribution is 2.41. The van der Waals surface area contributed by atoms with Crippen LogP contribution in [0.2, 0.25) is 0 Å². The highest BCUT2D eigenvalue weighted by atomic mass is 16.2. The van der Waals surface area contributed by atoms with Crippen molar-refractivity contribution in [3.8, 4) is 0 Å². The van der Waals surface area contributed by atoms with Crippen LogP contribution >= 0.6 is 0 Å². The molecule has 0 unspecified atom stereocenters. The van der Waals surface area contributed by atoms with Gasteiger partial charge in [-0.15, -0.1) is 0 Å². The Morgan fingerprint density at radius 1 is 1.12 bits per heavy atom. The van der Waals surface area contributed by atoms with Crippen LogP contribution in [-0.4, -0.2) is 33.1 Å². The van der Waals surface area contributed by atoms with Crippen LogP contribution in [0.5, 0.6) is 0 Å². The molecule has 6 nitrogen and oxygen atoms in total. The molecule has 1 saturated carbocycles. The number of nitrogens with zero attached hydrogens (tertiary/aromatic N) is 3. The molecule has 26 heavy (non-hydrogen) atoms. The fraction of sp³-hybridized carbons (Fsp3) is 0.250. The summed E-state index contributed by atoms with van der Waals surface area (Å²) in [5, 5.41) is 3.20. The van der Waals surface area contributed by atoms with E-state index in [2.05, 4.69) is 22.6 Å². The molecule has 3 aromatic rings. The van der Waals surface area contributed by atoms with Crippen LogP contribution in [0.4, 0.5) is 5.69 Å². The number of nitrogens with one attached hydrogen (secondary N) is 1. The van der Waals surface area contributed by atoms with Crippen LogP contribution in [-0.2, 0) is 6.54 Å². The number of fused-ring (bicyclic) bond motifs is 2. The Balaban J connectivity index is 1.51. The molecule has 130 valence electrons. The number of pyridine rings is 1. The zero-order valence-electron chi connectivity index (χ0n) is 14.4. The molecule has 0 saturated heterocycles. The van der Waals surface area contributed by atoms with Crippen LogP contribution < -0.4 is 5.32 Å². The van der Waals surface area contributed by atoms with Gasteiger partial charge < -0.3 is 9.72 Å². The normalized spacial score (nSPS) is 16.4. The average molecular weight is 346 g/mol. The van der Waals surface area contributed by atoms with Crippen molar-refractivity contribution < 1.29 is 9.59 Å². The standard InChI is InChI=1S/C20H18N4O2/c1-21-17-8-13(12-6-7-12)9-23-10-14(22-18(17)23)11-24-19(25)15-4-2-3-5-16(15)20(24)26/h2-5,8-10,12,21H,6-7,11H2,1H3. The number of hydrogen-bond donors (Lipinski definition) is 1. The zero-order valence-corrected chi connectivity index (χ0v) is 14.4. The number of benzene rings is 1.